The monoisotopic (exact) mass is 369 g/mol. The number of hydrogen-bond donors (Lipinski definition) is 1. The zero-order chi connectivity index (χ0) is 18.5. The van der Waals surface area contributed by atoms with Crippen molar-refractivity contribution < 1.29 is 4.79 Å². The number of rotatable bonds is 6. The minimum Gasteiger partial charge on any atom is -0.346 e. The molecule has 0 aliphatic heterocycles. The van der Waals surface area contributed by atoms with Crippen molar-refractivity contribution in [3.8, 4) is 0 Å². The maximum Gasteiger partial charge on any atom is 0.274 e. The molecule has 6 heteroatoms. The number of benzene rings is 2. The fourth-order valence-electron chi connectivity index (χ4n) is 2.76. The van der Waals surface area contributed by atoms with Crippen molar-refractivity contribution >= 4 is 28.3 Å². The Bertz CT molecular complexity index is 998. The SMILES string of the molecule is CCCCn1nc(C(=O)NCc2ccccc2Cl)c2ccccc2c1=O. The zero-order valence-electron chi connectivity index (χ0n) is 14.5. The molecular weight excluding hydrogens is 350 g/mol. The maximum atomic E-state index is 12.7. The third-order valence-corrected chi connectivity index (χ3v) is 4.57. The molecule has 2 aromatic carbocycles. The van der Waals surface area contributed by atoms with Gasteiger partial charge in [0.1, 0.15) is 0 Å². The van der Waals surface area contributed by atoms with E-state index in [0.717, 1.165) is 18.4 Å². The number of nitrogens with zero attached hydrogens (tertiary/aromatic N) is 2. The van der Waals surface area contributed by atoms with Crippen molar-refractivity contribution in [1.29, 1.82) is 0 Å². The molecule has 1 heterocycles. The van der Waals surface area contributed by atoms with Gasteiger partial charge in [-0.3, -0.25) is 9.59 Å². The lowest BCUT2D eigenvalue weighted by Crippen LogP contribution is -2.30. The van der Waals surface area contributed by atoms with Gasteiger partial charge in [-0.1, -0.05) is 61.3 Å². The number of aryl methyl sites for hydroxylation is 1. The second kappa shape index (κ2) is 8.15. The minimum absolute atomic E-state index is 0.170. The van der Waals surface area contributed by atoms with Crippen LogP contribution in [-0.2, 0) is 13.1 Å². The molecule has 0 unspecified atom stereocenters. The van der Waals surface area contributed by atoms with Crippen LogP contribution < -0.4 is 10.9 Å². The van der Waals surface area contributed by atoms with Gasteiger partial charge in [0, 0.05) is 23.5 Å². The summed E-state index contributed by atoms with van der Waals surface area (Å²) >= 11 is 6.14. The molecule has 5 nitrogen and oxygen atoms in total. The summed E-state index contributed by atoms with van der Waals surface area (Å²) in [6.07, 6.45) is 1.76. The summed E-state index contributed by atoms with van der Waals surface area (Å²) in [5.41, 5.74) is 0.909. The highest BCUT2D eigenvalue weighted by atomic mass is 35.5. The molecule has 0 aliphatic carbocycles. The molecule has 3 rings (SSSR count). The van der Waals surface area contributed by atoms with E-state index in [4.69, 9.17) is 11.6 Å². The molecule has 1 amide bonds. The molecular formula is C20H20ClN3O2. The summed E-state index contributed by atoms with van der Waals surface area (Å²) in [5, 5.41) is 8.84. The highest BCUT2D eigenvalue weighted by Gasteiger charge is 2.16. The van der Waals surface area contributed by atoms with Crippen LogP contribution in [0.2, 0.25) is 5.02 Å². The van der Waals surface area contributed by atoms with Crippen LogP contribution in [0.5, 0.6) is 0 Å². The van der Waals surface area contributed by atoms with Gasteiger partial charge in [0.25, 0.3) is 11.5 Å². The number of fused-ring (bicyclic) bond motifs is 1. The highest BCUT2D eigenvalue weighted by molar-refractivity contribution is 6.31. The minimum atomic E-state index is -0.327. The van der Waals surface area contributed by atoms with E-state index >= 15 is 0 Å². The Balaban J connectivity index is 1.95. The predicted octanol–water partition coefficient (Wildman–Crippen LogP) is 3.78. The molecule has 0 fully saturated rings. The van der Waals surface area contributed by atoms with Crippen molar-refractivity contribution in [1.82, 2.24) is 15.1 Å². The van der Waals surface area contributed by atoms with Crippen LogP contribution >= 0.6 is 11.6 Å². The number of aromatic nitrogens is 2. The Hall–Kier alpha value is -2.66. The third kappa shape index (κ3) is 3.78. The molecule has 1 N–H and O–H groups in total. The fourth-order valence-corrected chi connectivity index (χ4v) is 2.97. The normalized spacial score (nSPS) is 10.8. The number of carbonyl (C=O) groups is 1. The Labute approximate surface area is 156 Å². The Kier molecular flexibility index (Phi) is 5.68. The zero-order valence-corrected chi connectivity index (χ0v) is 15.3. The smallest absolute Gasteiger partial charge is 0.274 e. The number of amides is 1. The van der Waals surface area contributed by atoms with E-state index in [1.807, 2.05) is 25.1 Å². The van der Waals surface area contributed by atoms with Gasteiger partial charge in [0.2, 0.25) is 0 Å². The van der Waals surface area contributed by atoms with E-state index in [1.54, 1.807) is 30.3 Å². The van der Waals surface area contributed by atoms with Gasteiger partial charge < -0.3 is 5.32 Å². The summed E-state index contributed by atoms with van der Waals surface area (Å²) in [7, 11) is 0. The molecule has 0 bridgehead atoms. The lowest BCUT2D eigenvalue weighted by molar-refractivity contribution is 0.0945. The summed E-state index contributed by atoms with van der Waals surface area (Å²) in [6.45, 7) is 2.83. The van der Waals surface area contributed by atoms with Crippen molar-refractivity contribution in [3.63, 3.8) is 0 Å². The van der Waals surface area contributed by atoms with Gasteiger partial charge in [-0.2, -0.15) is 5.10 Å². The van der Waals surface area contributed by atoms with Crippen LogP contribution in [0.25, 0.3) is 10.8 Å². The molecule has 0 spiro atoms. The molecule has 0 saturated carbocycles. The van der Waals surface area contributed by atoms with Gasteiger partial charge >= 0.3 is 0 Å². The van der Waals surface area contributed by atoms with E-state index in [2.05, 4.69) is 10.4 Å². The van der Waals surface area contributed by atoms with E-state index in [1.165, 1.54) is 4.68 Å². The molecule has 0 radical (unpaired) electrons. The number of nitrogens with one attached hydrogen (secondary N) is 1. The van der Waals surface area contributed by atoms with E-state index in [0.29, 0.717) is 28.9 Å². The topological polar surface area (TPSA) is 64.0 Å². The van der Waals surface area contributed by atoms with Gasteiger partial charge in [-0.05, 0) is 24.1 Å². The van der Waals surface area contributed by atoms with Crippen LogP contribution in [-0.4, -0.2) is 15.7 Å². The molecule has 26 heavy (non-hydrogen) atoms. The average Bonchev–Trinajstić information content (AvgIpc) is 2.67. The Morgan fingerprint density at radius 2 is 1.81 bits per heavy atom. The standard InChI is InChI=1S/C20H20ClN3O2/c1-2-3-12-24-20(26)16-10-6-5-9-15(16)18(23-24)19(25)22-13-14-8-4-7-11-17(14)21/h4-11H,2-3,12-13H2,1H3,(H,22,25). The lowest BCUT2D eigenvalue weighted by Gasteiger charge is -2.11. The van der Waals surface area contributed by atoms with Crippen LogP contribution in [0.4, 0.5) is 0 Å². The van der Waals surface area contributed by atoms with Gasteiger partial charge in [-0.25, -0.2) is 4.68 Å². The number of unbranched alkanes of at least 4 members (excludes halogenated alkanes) is 1. The highest BCUT2D eigenvalue weighted by Crippen LogP contribution is 2.16. The summed E-state index contributed by atoms with van der Waals surface area (Å²) in [5.74, 6) is -0.327. The van der Waals surface area contributed by atoms with E-state index in [-0.39, 0.29) is 17.2 Å². The average molecular weight is 370 g/mol. The molecule has 1 aromatic heterocycles. The van der Waals surface area contributed by atoms with Crippen LogP contribution in [0, 0.1) is 0 Å². The van der Waals surface area contributed by atoms with Crippen LogP contribution in [0.3, 0.4) is 0 Å². The largest absolute Gasteiger partial charge is 0.346 e. The number of halogens is 1. The quantitative estimate of drug-likeness (QED) is 0.719. The molecule has 3 aromatic rings. The number of carbonyl (C=O) groups excluding carboxylic acids is 1. The molecule has 0 aliphatic rings. The second-order valence-corrected chi connectivity index (χ2v) is 6.46. The van der Waals surface area contributed by atoms with Gasteiger partial charge in [-0.15, -0.1) is 0 Å². The van der Waals surface area contributed by atoms with Crippen LogP contribution in [0.1, 0.15) is 35.8 Å². The first-order valence-electron chi connectivity index (χ1n) is 8.63. The first-order valence-corrected chi connectivity index (χ1v) is 9.01. The predicted molar refractivity (Wildman–Crippen MR) is 104 cm³/mol. The van der Waals surface area contributed by atoms with Crippen molar-refractivity contribution in [2.75, 3.05) is 0 Å². The molecule has 134 valence electrons. The van der Waals surface area contributed by atoms with Crippen molar-refractivity contribution in [2.24, 2.45) is 0 Å². The van der Waals surface area contributed by atoms with Gasteiger partial charge in [0.05, 0.1) is 5.39 Å². The first-order chi connectivity index (χ1) is 12.6. The fraction of sp³-hybridized carbons (Fsp3) is 0.250. The molecule has 0 atom stereocenters. The summed E-state index contributed by atoms with van der Waals surface area (Å²) < 4.78 is 1.39. The van der Waals surface area contributed by atoms with Crippen molar-refractivity contribution in [2.45, 2.75) is 32.9 Å². The summed E-state index contributed by atoms with van der Waals surface area (Å²) in [6, 6.07) is 14.4. The first kappa shape index (κ1) is 18.1. The third-order valence-electron chi connectivity index (χ3n) is 4.20. The van der Waals surface area contributed by atoms with Crippen molar-refractivity contribution in [3.05, 3.63) is 75.2 Å². The van der Waals surface area contributed by atoms with E-state index in [9.17, 15) is 9.59 Å². The van der Waals surface area contributed by atoms with E-state index < -0.39 is 0 Å². The Morgan fingerprint density at radius 1 is 1.12 bits per heavy atom. The van der Waals surface area contributed by atoms with Gasteiger partial charge in [0.15, 0.2) is 5.69 Å². The lowest BCUT2D eigenvalue weighted by atomic mass is 10.1. The van der Waals surface area contributed by atoms with Crippen LogP contribution in [0.15, 0.2) is 53.3 Å². The second-order valence-electron chi connectivity index (χ2n) is 6.05. The molecule has 0 saturated heterocycles. The Morgan fingerprint density at radius 3 is 2.54 bits per heavy atom. The number of hydrogen-bond acceptors (Lipinski definition) is 3. The summed E-state index contributed by atoms with van der Waals surface area (Å²) in [4.78, 5) is 25.3. The maximum absolute atomic E-state index is 12.7.